The smallest absolute Gasteiger partial charge is 0.217 e. The number of rotatable bonds is 7. The average molecular weight is 312 g/mol. The number of nitrogen functional groups attached to an aromatic ring is 1. The Morgan fingerprint density at radius 1 is 1.43 bits per heavy atom. The predicted octanol–water partition coefficient (Wildman–Crippen LogP) is 2.10. The highest BCUT2D eigenvalue weighted by molar-refractivity contribution is 7.89. The van der Waals surface area contributed by atoms with Gasteiger partial charge in [0.25, 0.3) is 0 Å². The maximum atomic E-state index is 12.3. The summed E-state index contributed by atoms with van der Waals surface area (Å²) in [7, 11) is -3.21. The first-order valence-corrected chi connectivity index (χ1v) is 9.08. The summed E-state index contributed by atoms with van der Waals surface area (Å²) in [6, 6.07) is 7.02. The number of sulfonamides is 1. The van der Waals surface area contributed by atoms with Crippen molar-refractivity contribution in [3.8, 4) is 5.75 Å². The van der Waals surface area contributed by atoms with Gasteiger partial charge in [0.05, 0.1) is 5.75 Å². The second-order valence-corrected chi connectivity index (χ2v) is 7.63. The van der Waals surface area contributed by atoms with Crippen LogP contribution in [0.2, 0.25) is 0 Å². The van der Waals surface area contributed by atoms with E-state index in [2.05, 4.69) is 6.92 Å². The van der Waals surface area contributed by atoms with E-state index in [0.29, 0.717) is 30.4 Å². The van der Waals surface area contributed by atoms with Crippen molar-refractivity contribution in [3.63, 3.8) is 0 Å². The van der Waals surface area contributed by atoms with Gasteiger partial charge in [-0.15, -0.1) is 0 Å². The molecule has 21 heavy (non-hydrogen) atoms. The molecule has 1 aliphatic heterocycles. The predicted molar refractivity (Wildman–Crippen MR) is 84.7 cm³/mol. The molecular weight excluding hydrogens is 288 g/mol. The second kappa shape index (κ2) is 7.13. The molecule has 6 heteroatoms. The van der Waals surface area contributed by atoms with Crippen molar-refractivity contribution in [3.05, 3.63) is 24.3 Å². The molecule has 1 fully saturated rings. The quantitative estimate of drug-likeness (QED) is 0.783. The Balaban J connectivity index is 1.82. The van der Waals surface area contributed by atoms with Crippen LogP contribution in [0.25, 0.3) is 0 Å². The summed E-state index contributed by atoms with van der Waals surface area (Å²) in [5.41, 5.74) is 6.26. The fraction of sp³-hybridized carbons (Fsp3) is 0.600. The van der Waals surface area contributed by atoms with E-state index in [0.717, 1.165) is 19.3 Å². The van der Waals surface area contributed by atoms with Gasteiger partial charge in [-0.25, -0.2) is 12.7 Å². The van der Waals surface area contributed by atoms with Crippen molar-refractivity contribution in [1.29, 1.82) is 0 Å². The monoisotopic (exact) mass is 312 g/mol. The first-order chi connectivity index (χ1) is 10.0. The van der Waals surface area contributed by atoms with Crippen molar-refractivity contribution in [1.82, 2.24) is 4.31 Å². The fourth-order valence-corrected chi connectivity index (χ4v) is 4.07. The van der Waals surface area contributed by atoms with Crippen LogP contribution in [0.1, 0.15) is 26.2 Å². The molecule has 1 aromatic rings. The van der Waals surface area contributed by atoms with Crippen LogP contribution in [0, 0.1) is 5.92 Å². The van der Waals surface area contributed by atoms with Gasteiger partial charge in [0.1, 0.15) is 12.4 Å². The maximum absolute atomic E-state index is 12.3. The van der Waals surface area contributed by atoms with Crippen molar-refractivity contribution in [2.45, 2.75) is 26.2 Å². The Morgan fingerprint density at radius 2 is 2.24 bits per heavy atom. The number of anilines is 1. The van der Waals surface area contributed by atoms with E-state index in [1.165, 1.54) is 0 Å². The molecule has 0 saturated carbocycles. The van der Waals surface area contributed by atoms with Gasteiger partial charge in [0, 0.05) is 24.8 Å². The molecule has 0 aliphatic carbocycles. The van der Waals surface area contributed by atoms with Gasteiger partial charge in [-0.1, -0.05) is 19.4 Å². The number of hydrogen-bond acceptors (Lipinski definition) is 4. The lowest BCUT2D eigenvalue weighted by atomic mass is 10.0. The molecule has 0 amide bonds. The normalized spacial score (nSPS) is 19.8. The van der Waals surface area contributed by atoms with Crippen LogP contribution in [0.5, 0.6) is 5.75 Å². The van der Waals surface area contributed by atoms with Crippen LogP contribution in [0.15, 0.2) is 24.3 Å². The van der Waals surface area contributed by atoms with Crippen LogP contribution in [-0.4, -0.2) is 38.2 Å². The largest absolute Gasteiger partial charge is 0.492 e. The number of hydrogen-bond donors (Lipinski definition) is 1. The van der Waals surface area contributed by atoms with E-state index in [-0.39, 0.29) is 12.4 Å². The summed E-state index contributed by atoms with van der Waals surface area (Å²) >= 11 is 0. The van der Waals surface area contributed by atoms with Crippen molar-refractivity contribution >= 4 is 15.7 Å². The number of ether oxygens (including phenoxy) is 1. The van der Waals surface area contributed by atoms with Crippen molar-refractivity contribution in [2.24, 2.45) is 5.92 Å². The van der Waals surface area contributed by atoms with E-state index in [4.69, 9.17) is 10.5 Å². The Kier molecular flexibility index (Phi) is 5.47. The van der Waals surface area contributed by atoms with Crippen LogP contribution in [0.3, 0.4) is 0 Å². The average Bonchev–Trinajstić information content (AvgIpc) is 2.88. The zero-order chi connectivity index (χ0) is 15.3. The van der Waals surface area contributed by atoms with Gasteiger partial charge in [-0.2, -0.15) is 0 Å². The molecule has 1 saturated heterocycles. The number of benzene rings is 1. The zero-order valence-corrected chi connectivity index (χ0v) is 13.3. The van der Waals surface area contributed by atoms with Gasteiger partial charge in [0.15, 0.2) is 0 Å². The number of nitrogens with two attached hydrogens (primary N) is 1. The van der Waals surface area contributed by atoms with Gasteiger partial charge in [0.2, 0.25) is 10.0 Å². The standard InChI is InChI=1S/C15H24N2O3S/c1-2-4-13-7-8-17(12-13)21(18,19)10-9-20-15-6-3-5-14(16)11-15/h3,5-6,11,13H,2,4,7-10,12,16H2,1H3. The molecule has 0 aromatic heterocycles. The summed E-state index contributed by atoms with van der Waals surface area (Å²) in [4.78, 5) is 0. The topological polar surface area (TPSA) is 72.6 Å². The van der Waals surface area contributed by atoms with E-state index in [1.807, 2.05) is 0 Å². The highest BCUT2D eigenvalue weighted by Crippen LogP contribution is 2.23. The molecular formula is C15H24N2O3S. The van der Waals surface area contributed by atoms with Crippen LogP contribution >= 0.6 is 0 Å². The van der Waals surface area contributed by atoms with Gasteiger partial charge < -0.3 is 10.5 Å². The van der Waals surface area contributed by atoms with Crippen LogP contribution < -0.4 is 10.5 Å². The summed E-state index contributed by atoms with van der Waals surface area (Å²) in [6.45, 7) is 3.59. The molecule has 118 valence electrons. The molecule has 0 bridgehead atoms. The van der Waals surface area contributed by atoms with Gasteiger partial charge in [-0.3, -0.25) is 0 Å². The Morgan fingerprint density at radius 3 is 2.95 bits per heavy atom. The molecule has 2 N–H and O–H groups in total. The summed E-state index contributed by atoms with van der Waals surface area (Å²) < 4.78 is 31.6. The molecule has 2 rings (SSSR count). The molecule has 1 aromatic carbocycles. The minimum Gasteiger partial charge on any atom is -0.492 e. The minimum absolute atomic E-state index is 0.0145. The highest BCUT2D eigenvalue weighted by atomic mass is 32.2. The molecule has 5 nitrogen and oxygen atoms in total. The van der Waals surface area contributed by atoms with Gasteiger partial charge in [-0.05, 0) is 30.9 Å². The lowest BCUT2D eigenvalue weighted by Gasteiger charge is -2.16. The molecule has 1 unspecified atom stereocenters. The first-order valence-electron chi connectivity index (χ1n) is 7.47. The second-order valence-electron chi connectivity index (χ2n) is 5.54. The SMILES string of the molecule is CCCC1CCN(S(=O)(=O)CCOc2cccc(N)c2)C1. The third-order valence-corrected chi connectivity index (χ3v) is 5.61. The lowest BCUT2D eigenvalue weighted by molar-refractivity contribution is 0.336. The van der Waals surface area contributed by atoms with Crippen molar-refractivity contribution < 1.29 is 13.2 Å². The van der Waals surface area contributed by atoms with E-state index in [1.54, 1.807) is 28.6 Å². The van der Waals surface area contributed by atoms with Crippen molar-refractivity contribution in [2.75, 3.05) is 31.2 Å². The van der Waals surface area contributed by atoms with Crippen LogP contribution in [-0.2, 0) is 10.0 Å². The third-order valence-electron chi connectivity index (χ3n) is 3.81. The Bertz CT molecular complexity index is 560. The first kappa shape index (κ1) is 16.1. The molecule has 1 aliphatic rings. The number of nitrogens with zero attached hydrogens (tertiary/aromatic N) is 1. The van der Waals surface area contributed by atoms with E-state index < -0.39 is 10.0 Å². The molecule has 0 spiro atoms. The molecule has 1 atom stereocenters. The lowest BCUT2D eigenvalue weighted by Crippen LogP contribution is -2.33. The van der Waals surface area contributed by atoms with Crippen LogP contribution in [0.4, 0.5) is 5.69 Å². The third kappa shape index (κ3) is 4.61. The summed E-state index contributed by atoms with van der Waals surface area (Å²) in [5.74, 6) is 1.13. The molecule has 0 radical (unpaired) electrons. The minimum atomic E-state index is -3.21. The van der Waals surface area contributed by atoms with E-state index in [9.17, 15) is 8.42 Å². The Labute approximate surface area is 127 Å². The zero-order valence-electron chi connectivity index (χ0n) is 12.5. The maximum Gasteiger partial charge on any atom is 0.217 e. The summed E-state index contributed by atoms with van der Waals surface area (Å²) in [5, 5.41) is 0. The highest BCUT2D eigenvalue weighted by Gasteiger charge is 2.30. The molecule has 1 heterocycles. The Hall–Kier alpha value is -1.27. The fourth-order valence-electron chi connectivity index (χ4n) is 2.69. The summed E-state index contributed by atoms with van der Waals surface area (Å²) in [6.07, 6.45) is 3.19. The van der Waals surface area contributed by atoms with Gasteiger partial charge >= 0.3 is 0 Å². The van der Waals surface area contributed by atoms with E-state index >= 15 is 0 Å².